The van der Waals surface area contributed by atoms with Gasteiger partial charge in [0.05, 0.1) is 13.2 Å². The van der Waals surface area contributed by atoms with E-state index >= 15 is 0 Å². The zero-order valence-electron chi connectivity index (χ0n) is 19.4. The maximum absolute atomic E-state index is 6.09. The van der Waals surface area contributed by atoms with E-state index in [1.54, 1.807) is 0 Å². The molecule has 3 aliphatic rings. The van der Waals surface area contributed by atoms with Crippen molar-refractivity contribution in [3.05, 3.63) is 59.3 Å². The van der Waals surface area contributed by atoms with Crippen molar-refractivity contribution in [1.82, 2.24) is 9.88 Å². The normalized spacial score (nSPS) is 21.6. The van der Waals surface area contributed by atoms with Crippen LogP contribution in [0.25, 0.3) is 10.9 Å². The van der Waals surface area contributed by atoms with Gasteiger partial charge in [-0.05, 0) is 72.9 Å². The van der Waals surface area contributed by atoms with E-state index < -0.39 is 0 Å². The number of para-hydroxylation sites is 1. The molecule has 0 saturated carbocycles. The van der Waals surface area contributed by atoms with Crippen molar-refractivity contribution in [2.24, 2.45) is 5.92 Å². The van der Waals surface area contributed by atoms with Gasteiger partial charge in [0.2, 0.25) is 0 Å². The Labute approximate surface area is 196 Å². The molecule has 1 aromatic heterocycles. The number of nitrogens with zero attached hydrogens (tertiary/aromatic N) is 1. The first-order chi connectivity index (χ1) is 16.3. The van der Waals surface area contributed by atoms with Gasteiger partial charge >= 0.3 is 0 Å². The molecule has 0 aliphatic carbocycles. The number of rotatable bonds is 5. The summed E-state index contributed by atoms with van der Waals surface area (Å²) in [5.74, 6) is 2.59. The molecule has 3 aromatic rings. The average molecular weight is 447 g/mol. The lowest BCUT2D eigenvalue weighted by Gasteiger charge is -2.40. The van der Waals surface area contributed by atoms with Crippen molar-refractivity contribution in [3.8, 4) is 11.5 Å². The van der Waals surface area contributed by atoms with Gasteiger partial charge in [-0.2, -0.15) is 0 Å². The number of hydrogen-bond acceptors (Lipinski definition) is 4. The molecule has 4 heterocycles. The molecule has 174 valence electrons. The summed E-state index contributed by atoms with van der Waals surface area (Å²) in [5.41, 5.74) is 5.52. The summed E-state index contributed by atoms with van der Waals surface area (Å²) in [6.07, 6.45) is 8.76. The number of ether oxygens (including phenoxy) is 3. The minimum atomic E-state index is 0.405. The molecule has 1 fully saturated rings. The molecule has 0 radical (unpaired) electrons. The largest absolute Gasteiger partial charge is 0.490 e. The van der Waals surface area contributed by atoms with Crippen LogP contribution in [-0.2, 0) is 17.6 Å². The van der Waals surface area contributed by atoms with Crippen LogP contribution in [-0.4, -0.2) is 49.4 Å². The topological polar surface area (TPSA) is 46.7 Å². The Morgan fingerprint density at radius 1 is 0.970 bits per heavy atom. The predicted octanol–water partition coefficient (Wildman–Crippen LogP) is 5.29. The zero-order valence-corrected chi connectivity index (χ0v) is 19.4. The Bertz CT molecular complexity index is 1100. The van der Waals surface area contributed by atoms with Gasteiger partial charge in [0.15, 0.2) is 11.5 Å². The fourth-order valence-corrected chi connectivity index (χ4v) is 5.86. The van der Waals surface area contributed by atoms with E-state index in [0.29, 0.717) is 6.04 Å². The van der Waals surface area contributed by atoms with Crippen molar-refractivity contribution in [2.75, 3.05) is 39.5 Å². The molecule has 5 nitrogen and oxygen atoms in total. The molecule has 1 unspecified atom stereocenters. The van der Waals surface area contributed by atoms with Crippen LogP contribution in [0.2, 0.25) is 0 Å². The summed E-state index contributed by atoms with van der Waals surface area (Å²) in [6.45, 7) is 5.57. The van der Waals surface area contributed by atoms with Gasteiger partial charge in [-0.3, -0.25) is 4.90 Å². The Morgan fingerprint density at radius 2 is 1.79 bits per heavy atom. The van der Waals surface area contributed by atoms with Gasteiger partial charge in [0.25, 0.3) is 0 Å². The highest BCUT2D eigenvalue weighted by molar-refractivity contribution is 5.83. The van der Waals surface area contributed by atoms with Crippen LogP contribution in [0.15, 0.2) is 42.6 Å². The van der Waals surface area contributed by atoms with Gasteiger partial charge < -0.3 is 19.2 Å². The SMILES string of the molecule is c1ccc2c(CCC3c4cc5c(cc4CCN3CC3CCOCC3)OCCCO5)c[nH]c2c1. The van der Waals surface area contributed by atoms with Gasteiger partial charge in [0, 0.05) is 55.9 Å². The van der Waals surface area contributed by atoms with E-state index in [1.807, 2.05) is 0 Å². The monoisotopic (exact) mass is 446 g/mol. The average Bonchev–Trinajstić information content (AvgIpc) is 3.12. The highest BCUT2D eigenvalue weighted by atomic mass is 16.5. The van der Waals surface area contributed by atoms with Crippen LogP contribution < -0.4 is 9.47 Å². The van der Waals surface area contributed by atoms with Gasteiger partial charge in [-0.1, -0.05) is 18.2 Å². The maximum atomic E-state index is 6.09. The van der Waals surface area contributed by atoms with E-state index in [1.165, 1.54) is 40.4 Å². The number of H-pyrrole nitrogens is 1. The minimum Gasteiger partial charge on any atom is -0.490 e. The first-order valence-electron chi connectivity index (χ1n) is 12.6. The lowest BCUT2D eigenvalue weighted by atomic mass is 9.87. The molecule has 3 aliphatic heterocycles. The molecule has 6 rings (SSSR count). The maximum Gasteiger partial charge on any atom is 0.161 e. The molecule has 1 saturated heterocycles. The fourth-order valence-electron chi connectivity index (χ4n) is 5.86. The molecule has 1 N–H and O–H groups in total. The summed E-state index contributed by atoms with van der Waals surface area (Å²) in [5, 5.41) is 1.35. The van der Waals surface area contributed by atoms with Crippen LogP contribution >= 0.6 is 0 Å². The third-order valence-corrected chi connectivity index (χ3v) is 7.67. The van der Waals surface area contributed by atoms with Crippen LogP contribution in [0.3, 0.4) is 0 Å². The Hall–Kier alpha value is -2.50. The third kappa shape index (κ3) is 4.36. The minimum absolute atomic E-state index is 0.405. The molecule has 33 heavy (non-hydrogen) atoms. The second-order valence-corrected chi connectivity index (χ2v) is 9.76. The van der Waals surface area contributed by atoms with E-state index in [9.17, 15) is 0 Å². The van der Waals surface area contributed by atoms with Crippen molar-refractivity contribution in [1.29, 1.82) is 0 Å². The lowest BCUT2D eigenvalue weighted by Crippen LogP contribution is -2.40. The molecule has 0 spiro atoms. The van der Waals surface area contributed by atoms with Crippen molar-refractivity contribution in [2.45, 2.75) is 44.6 Å². The Kier molecular flexibility index (Phi) is 6.00. The third-order valence-electron chi connectivity index (χ3n) is 7.67. The highest BCUT2D eigenvalue weighted by Crippen LogP contribution is 2.41. The second kappa shape index (κ2) is 9.40. The van der Waals surface area contributed by atoms with E-state index in [0.717, 1.165) is 82.6 Å². The molecular formula is C28H34N2O3. The first kappa shape index (κ1) is 21.1. The summed E-state index contributed by atoms with van der Waals surface area (Å²) >= 11 is 0. The highest BCUT2D eigenvalue weighted by Gasteiger charge is 2.31. The molecular weight excluding hydrogens is 412 g/mol. The summed E-state index contributed by atoms with van der Waals surface area (Å²) in [4.78, 5) is 6.20. The summed E-state index contributed by atoms with van der Waals surface area (Å²) in [7, 11) is 0. The number of nitrogens with one attached hydrogen (secondary N) is 1. The van der Waals surface area contributed by atoms with E-state index in [-0.39, 0.29) is 0 Å². The van der Waals surface area contributed by atoms with Gasteiger partial charge in [-0.25, -0.2) is 0 Å². The number of benzene rings is 2. The van der Waals surface area contributed by atoms with E-state index in [4.69, 9.17) is 14.2 Å². The van der Waals surface area contributed by atoms with Crippen molar-refractivity contribution in [3.63, 3.8) is 0 Å². The number of aromatic nitrogens is 1. The van der Waals surface area contributed by atoms with Crippen molar-refractivity contribution < 1.29 is 14.2 Å². The summed E-state index contributed by atoms with van der Waals surface area (Å²) < 4.78 is 17.7. The molecule has 0 bridgehead atoms. The second-order valence-electron chi connectivity index (χ2n) is 9.76. The van der Waals surface area contributed by atoms with Gasteiger partial charge in [0.1, 0.15) is 0 Å². The molecule has 1 atom stereocenters. The fraction of sp³-hybridized carbons (Fsp3) is 0.500. The Balaban J connectivity index is 1.30. The van der Waals surface area contributed by atoms with Crippen LogP contribution in [0.5, 0.6) is 11.5 Å². The standard InChI is InChI=1S/C28H34N2O3/c1-2-5-25-23(4-1)22(18-29-25)6-7-26-24-17-28-27(32-12-3-13-33-28)16-21(24)8-11-30(26)19-20-9-14-31-15-10-20/h1-2,4-5,16-18,20,26,29H,3,6-15,19H2. The lowest BCUT2D eigenvalue weighted by molar-refractivity contribution is 0.0423. The van der Waals surface area contributed by atoms with Crippen molar-refractivity contribution >= 4 is 10.9 Å². The number of hydrogen-bond donors (Lipinski definition) is 1. The summed E-state index contributed by atoms with van der Waals surface area (Å²) in [6, 6.07) is 13.6. The molecule has 0 amide bonds. The quantitative estimate of drug-likeness (QED) is 0.579. The predicted molar refractivity (Wildman–Crippen MR) is 130 cm³/mol. The number of fused-ring (bicyclic) bond motifs is 3. The zero-order chi connectivity index (χ0) is 22.0. The number of aryl methyl sites for hydroxylation is 1. The Morgan fingerprint density at radius 3 is 2.67 bits per heavy atom. The van der Waals surface area contributed by atoms with Crippen LogP contribution in [0.1, 0.15) is 48.4 Å². The molecule has 2 aromatic carbocycles. The number of aromatic amines is 1. The van der Waals surface area contributed by atoms with Gasteiger partial charge in [-0.15, -0.1) is 0 Å². The van der Waals surface area contributed by atoms with Crippen LogP contribution in [0.4, 0.5) is 0 Å². The van der Waals surface area contributed by atoms with E-state index in [2.05, 4.69) is 52.5 Å². The first-order valence-corrected chi connectivity index (χ1v) is 12.6. The van der Waals surface area contributed by atoms with Crippen LogP contribution in [0, 0.1) is 5.92 Å². The molecule has 5 heteroatoms. The smallest absolute Gasteiger partial charge is 0.161 e.